The first-order valence-electron chi connectivity index (χ1n) is 3.24. The molecular formula is C7H2ClF3N2O. The summed E-state index contributed by atoms with van der Waals surface area (Å²) in [6.07, 6.45) is -3.91. The normalized spacial score (nSPS) is 10.8. The van der Waals surface area contributed by atoms with Crippen molar-refractivity contribution in [2.24, 2.45) is 0 Å². The molecule has 1 rings (SSSR count). The van der Waals surface area contributed by atoms with E-state index < -0.39 is 12.2 Å². The molecule has 0 atom stereocenters. The third-order valence-electron chi connectivity index (χ3n) is 1.15. The molecule has 0 amide bonds. The van der Waals surface area contributed by atoms with Gasteiger partial charge in [0, 0.05) is 6.20 Å². The summed E-state index contributed by atoms with van der Waals surface area (Å²) >= 11 is 5.42. The van der Waals surface area contributed by atoms with E-state index in [9.17, 15) is 13.2 Å². The van der Waals surface area contributed by atoms with Gasteiger partial charge in [0.25, 0.3) is 0 Å². The maximum Gasteiger partial charge on any atom is 0.574 e. The monoisotopic (exact) mass is 222 g/mol. The molecule has 1 heterocycles. The zero-order valence-corrected chi connectivity index (χ0v) is 7.23. The molecule has 0 aliphatic rings. The van der Waals surface area contributed by atoms with E-state index in [2.05, 4.69) is 9.72 Å². The van der Waals surface area contributed by atoms with Crippen molar-refractivity contribution in [3.8, 4) is 11.9 Å². The minimum Gasteiger partial charge on any atom is -0.386 e. The van der Waals surface area contributed by atoms with Crippen LogP contribution in [-0.4, -0.2) is 11.3 Å². The summed E-state index contributed by atoms with van der Waals surface area (Å²) < 4.78 is 38.7. The van der Waals surface area contributed by atoms with Crippen molar-refractivity contribution in [1.29, 1.82) is 5.26 Å². The molecule has 0 unspecified atom stereocenters. The van der Waals surface area contributed by atoms with E-state index in [1.165, 1.54) is 6.07 Å². The maximum absolute atomic E-state index is 11.8. The van der Waals surface area contributed by atoms with Crippen LogP contribution in [0.4, 0.5) is 13.2 Å². The molecule has 0 aliphatic heterocycles. The summed E-state index contributed by atoms with van der Waals surface area (Å²) in [5.74, 6) is -0.801. The maximum atomic E-state index is 11.8. The minimum atomic E-state index is -4.87. The highest BCUT2D eigenvalue weighted by molar-refractivity contribution is 6.30. The predicted octanol–water partition coefficient (Wildman–Crippen LogP) is 2.51. The second-order valence-corrected chi connectivity index (χ2v) is 2.60. The molecule has 0 spiro atoms. The SMILES string of the molecule is N#Cc1cc(Cl)cnc1OC(F)(F)F. The Morgan fingerprint density at radius 3 is 2.64 bits per heavy atom. The van der Waals surface area contributed by atoms with Gasteiger partial charge >= 0.3 is 6.36 Å². The number of alkyl halides is 3. The first-order chi connectivity index (χ1) is 6.42. The molecule has 0 saturated carbocycles. The molecule has 0 bridgehead atoms. The number of pyridine rings is 1. The van der Waals surface area contributed by atoms with E-state index >= 15 is 0 Å². The summed E-state index contributed by atoms with van der Waals surface area (Å²) in [4.78, 5) is 3.24. The van der Waals surface area contributed by atoms with Crippen molar-refractivity contribution in [2.75, 3.05) is 0 Å². The van der Waals surface area contributed by atoms with Crippen molar-refractivity contribution in [3.63, 3.8) is 0 Å². The van der Waals surface area contributed by atoms with Crippen LogP contribution in [-0.2, 0) is 0 Å². The van der Waals surface area contributed by atoms with E-state index in [1.54, 1.807) is 0 Å². The van der Waals surface area contributed by atoms with Gasteiger partial charge in [0.05, 0.1) is 5.02 Å². The summed E-state index contributed by atoms with van der Waals surface area (Å²) in [7, 11) is 0. The predicted molar refractivity (Wildman–Crippen MR) is 40.6 cm³/mol. The van der Waals surface area contributed by atoms with Crippen LogP contribution < -0.4 is 4.74 Å². The van der Waals surface area contributed by atoms with Gasteiger partial charge < -0.3 is 4.74 Å². The Hall–Kier alpha value is -1.48. The molecule has 7 heteroatoms. The average molecular weight is 223 g/mol. The van der Waals surface area contributed by atoms with Crippen LogP contribution in [0, 0.1) is 11.3 Å². The van der Waals surface area contributed by atoms with Crippen LogP contribution in [0.2, 0.25) is 5.02 Å². The fraction of sp³-hybridized carbons (Fsp3) is 0.143. The zero-order valence-electron chi connectivity index (χ0n) is 6.47. The van der Waals surface area contributed by atoms with Gasteiger partial charge in [-0.3, -0.25) is 0 Å². The molecular weight excluding hydrogens is 221 g/mol. The van der Waals surface area contributed by atoms with Crippen LogP contribution in [0.25, 0.3) is 0 Å². The Balaban J connectivity index is 3.05. The third-order valence-corrected chi connectivity index (χ3v) is 1.36. The summed E-state index contributed by atoms with van der Waals surface area (Å²) in [6.45, 7) is 0. The summed E-state index contributed by atoms with van der Waals surface area (Å²) in [5, 5.41) is 8.51. The van der Waals surface area contributed by atoms with Gasteiger partial charge in [-0.1, -0.05) is 11.6 Å². The van der Waals surface area contributed by atoms with E-state index in [0.717, 1.165) is 12.3 Å². The first-order valence-corrected chi connectivity index (χ1v) is 3.61. The Morgan fingerprint density at radius 2 is 2.14 bits per heavy atom. The second kappa shape index (κ2) is 3.72. The van der Waals surface area contributed by atoms with E-state index in [4.69, 9.17) is 16.9 Å². The van der Waals surface area contributed by atoms with Crippen LogP contribution in [0.3, 0.4) is 0 Å². The van der Waals surface area contributed by atoms with Crippen molar-refractivity contribution in [2.45, 2.75) is 6.36 Å². The lowest BCUT2D eigenvalue weighted by atomic mass is 10.3. The number of halogens is 4. The fourth-order valence-corrected chi connectivity index (χ4v) is 0.856. The minimum absolute atomic E-state index is 0.0658. The quantitative estimate of drug-likeness (QED) is 0.733. The van der Waals surface area contributed by atoms with Crippen molar-refractivity contribution >= 4 is 11.6 Å². The molecule has 0 saturated heterocycles. The Bertz CT molecular complexity index is 386. The number of aromatic nitrogens is 1. The molecule has 0 radical (unpaired) electrons. The van der Waals surface area contributed by atoms with Gasteiger partial charge in [-0.2, -0.15) is 5.26 Å². The van der Waals surface area contributed by atoms with Crippen LogP contribution in [0.15, 0.2) is 12.3 Å². The third kappa shape index (κ3) is 2.78. The highest BCUT2D eigenvalue weighted by atomic mass is 35.5. The van der Waals surface area contributed by atoms with Gasteiger partial charge in [0.1, 0.15) is 11.6 Å². The zero-order chi connectivity index (χ0) is 10.8. The number of rotatable bonds is 1. The van der Waals surface area contributed by atoms with Gasteiger partial charge in [-0.25, -0.2) is 4.98 Å². The van der Waals surface area contributed by atoms with E-state index in [0.29, 0.717) is 0 Å². The highest BCUT2D eigenvalue weighted by Gasteiger charge is 2.33. The summed E-state index contributed by atoms with van der Waals surface area (Å²) in [5.41, 5.74) is -0.366. The number of nitrogens with zero attached hydrogens (tertiary/aromatic N) is 2. The van der Waals surface area contributed by atoms with Gasteiger partial charge in [0.2, 0.25) is 5.88 Å². The molecule has 0 aliphatic carbocycles. The standard InChI is InChI=1S/C7H2ClF3N2O/c8-5-1-4(2-12)6(13-3-5)14-7(9,10)11/h1,3H. The average Bonchev–Trinajstić information content (AvgIpc) is 2.06. The number of hydrogen-bond donors (Lipinski definition) is 0. The van der Waals surface area contributed by atoms with E-state index in [-0.39, 0.29) is 10.6 Å². The van der Waals surface area contributed by atoms with Crippen molar-refractivity contribution in [1.82, 2.24) is 4.98 Å². The van der Waals surface area contributed by atoms with Gasteiger partial charge in [0.15, 0.2) is 0 Å². The molecule has 0 N–H and O–H groups in total. The molecule has 3 nitrogen and oxygen atoms in total. The number of nitriles is 1. The second-order valence-electron chi connectivity index (χ2n) is 2.17. The van der Waals surface area contributed by atoms with E-state index in [1.807, 2.05) is 0 Å². The number of ether oxygens (including phenoxy) is 1. The lowest BCUT2D eigenvalue weighted by Crippen LogP contribution is -2.18. The van der Waals surface area contributed by atoms with Gasteiger partial charge in [-0.05, 0) is 6.07 Å². The van der Waals surface area contributed by atoms with Crippen LogP contribution in [0.5, 0.6) is 5.88 Å². The Morgan fingerprint density at radius 1 is 1.50 bits per heavy atom. The lowest BCUT2D eigenvalue weighted by Gasteiger charge is -2.08. The van der Waals surface area contributed by atoms with Crippen LogP contribution >= 0.6 is 11.6 Å². The molecule has 14 heavy (non-hydrogen) atoms. The molecule has 0 fully saturated rings. The van der Waals surface area contributed by atoms with Gasteiger partial charge in [-0.15, -0.1) is 13.2 Å². The fourth-order valence-electron chi connectivity index (χ4n) is 0.698. The smallest absolute Gasteiger partial charge is 0.386 e. The van der Waals surface area contributed by atoms with Crippen LogP contribution in [0.1, 0.15) is 5.56 Å². The topological polar surface area (TPSA) is 45.9 Å². The molecule has 74 valence electrons. The highest BCUT2D eigenvalue weighted by Crippen LogP contribution is 2.25. The van der Waals surface area contributed by atoms with Crippen molar-refractivity contribution in [3.05, 3.63) is 22.8 Å². The first kappa shape index (κ1) is 10.6. The van der Waals surface area contributed by atoms with Crippen molar-refractivity contribution < 1.29 is 17.9 Å². The number of hydrogen-bond acceptors (Lipinski definition) is 3. The summed E-state index contributed by atoms with van der Waals surface area (Å²) in [6, 6.07) is 2.52. The Kier molecular flexibility index (Phi) is 2.81. The molecule has 0 aromatic carbocycles. The lowest BCUT2D eigenvalue weighted by molar-refractivity contribution is -0.276. The Labute approximate surface area is 81.7 Å². The molecule has 1 aromatic heterocycles. The largest absolute Gasteiger partial charge is 0.574 e. The molecule has 1 aromatic rings.